The van der Waals surface area contributed by atoms with Crippen molar-refractivity contribution in [3.05, 3.63) is 0 Å². The van der Waals surface area contributed by atoms with E-state index >= 15 is 0 Å². The van der Waals surface area contributed by atoms with Gasteiger partial charge in [-0.05, 0) is 20.3 Å². The van der Waals surface area contributed by atoms with Gasteiger partial charge in [-0.1, -0.05) is 65.5 Å². The van der Waals surface area contributed by atoms with Crippen molar-refractivity contribution in [3.63, 3.8) is 0 Å². The van der Waals surface area contributed by atoms with Crippen LogP contribution in [-0.4, -0.2) is 45.7 Å². The Hall–Kier alpha value is 0.910. The number of carbonyl (C=O) groups excluding carboxylic acids is 2. The van der Waals surface area contributed by atoms with Crippen LogP contribution in [0.2, 0.25) is 0 Å². The molecular weight excluding hydrogens is 605 g/mol. The predicted molar refractivity (Wildman–Crippen MR) is 110 cm³/mol. The Morgan fingerprint density at radius 1 is 1.23 bits per heavy atom. The number of halogens is 2. The Morgan fingerprint density at radius 2 is 1.65 bits per heavy atom. The Kier molecular flexibility index (Phi) is 19.2. The van der Waals surface area contributed by atoms with E-state index in [9.17, 15) is 22.6 Å². The molecular formula is C13H25I2N2NaO7S. The van der Waals surface area contributed by atoms with Gasteiger partial charge in [0, 0.05) is 11.5 Å². The summed E-state index contributed by atoms with van der Waals surface area (Å²) in [5.41, 5.74) is 4.53. The van der Waals surface area contributed by atoms with Crippen molar-refractivity contribution in [2.45, 2.75) is 47.8 Å². The number of rotatable bonds is 8. The van der Waals surface area contributed by atoms with Crippen LogP contribution in [0.15, 0.2) is 0 Å². The molecule has 0 aliphatic carbocycles. The molecule has 0 fully saturated rings. The summed E-state index contributed by atoms with van der Waals surface area (Å²) in [6, 6.07) is 0.0248. The van der Waals surface area contributed by atoms with Crippen molar-refractivity contribution in [1.82, 2.24) is 5.32 Å². The summed E-state index contributed by atoms with van der Waals surface area (Å²) in [5.74, 6) is 0. The van der Waals surface area contributed by atoms with Crippen LogP contribution in [0.1, 0.15) is 40.5 Å². The zero-order chi connectivity index (χ0) is 20.3. The molecule has 13 heteroatoms. The number of primary amides is 1. The molecule has 9 nitrogen and oxygen atoms in total. The monoisotopic (exact) mass is 630 g/mol. The summed E-state index contributed by atoms with van der Waals surface area (Å²) in [5, 5.41) is 2.63. The van der Waals surface area contributed by atoms with Gasteiger partial charge in [0.05, 0.1) is 0 Å². The third-order valence-corrected chi connectivity index (χ3v) is 6.77. The molecule has 0 radical (unpaired) electrons. The molecule has 0 rings (SSSR count). The topological polar surface area (TPSA) is 148 Å². The van der Waals surface area contributed by atoms with E-state index in [0.29, 0.717) is 0 Å². The Labute approximate surface area is 204 Å². The van der Waals surface area contributed by atoms with E-state index in [1.807, 2.05) is 27.7 Å². The Morgan fingerprint density at radius 3 is 1.96 bits per heavy atom. The van der Waals surface area contributed by atoms with E-state index in [4.69, 9.17) is 15.2 Å². The van der Waals surface area contributed by atoms with Crippen LogP contribution in [0.5, 0.6) is 0 Å². The van der Waals surface area contributed by atoms with E-state index in [2.05, 4.69) is 5.32 Å². The maximum atomic E-state index is 11.4. The van der Waals surface area contributed by atoms with E-state index in [0.717, 1.165) is 12.8 Å². The first-order chi connectivity index (χ1) is 11.2. The number of nitrogens with two attached hydrogens (primary N) is 1. The molecule has 1 unspecified atom stereocenters. The molecule has 3 N–H and O–H groups in total. The number of alkyl halides is 2. The minimum absolute atomic E-state index is 0. The van der Waals surface area contributed by atoms with Crippen LogP contribution >= 0.6 is 45.2 Å². The molecule has 0 aliphatic rings. The smallest absolute Gasteiger partial charge is 0.747 e. The number of amides is 2. The first-order valence-corrected chi connectivity index (χ1v) is 11.3. The van der Waals surface area contributed by atoms with Crippen LogP contribution in [0.25, 0.3) is 0 Å². The zero-order valence-electron chi connectivity index (χ0n) is 15.6. The first kappa shape index (κ1) is 31.6. The van der Waals surface area contributed by atoms with Gasteiger partial charge in [-0.25, -0.2) is 18.0 Å². The Bertz CT molecular complexity index is 521. The average molecular weight is 630 g/mol. The molecule has 0 aromatic carbocycles. The van der Waals surface area contributed by atoms with Crippen LogP contribution < -0.4 is 40.6 Å². The van der Waals surface area contributed by atoms with Crippen molar-refractivity contribution >= 4 is 67.5 Å². The fourth-order valence-corrected chi connectivity index (χ4v) is 1.55. The number of hydrogen-bond acceptors (Lipinski definition) is 7. The van der Waals surface area contributed by atoms with Crippen LogP contribution in [0.3, 0.4) is 0 Å². The molecule has 0 bridgehead atoms. The normalized spacial score (nSPS) is 13.0. The van der Waals surface area contributed by atoms with E-state index < -0.39 is 29.0 Å². The third kappa shape index (κ3) is 19.7. The van der Waals surface area contributed by atoms with Gasteiger partial charge in [-0.2, -0.15) is 0 Å². The summed E-state index contributed by atoms with van der Waals surface area (Å²) >= 11 is 3.07. The minimum Gasteiger partial charge on any atom is -0.747 e. The van der Waals surface area contributed by atoms with E-state index in [1.54, 1.807) is 0 Å². The van der Waals surface area contributed by atoms with Gasteiger partial charge in [0.1, 0.15) is 23.3 Å². The van der Waals surface area contributed by atoms with Crippen LogP contribution in [0.4, 0.5) is 9.59 Å². The molecule has 1 atom stereocenters. The average Bonchev–Trinajstić information content (AvgIpc) is 2.42. The summed E-state index contributed by atoms with van der Waals surface area (Å²) in [7, 11) is -4.02. The molecule has 0 aromatic rings. The van der Waals surface area contributed by atoms with Crippen molar-refractivity contribution < 1.29 is 61.6 Å². The zero-order valence-corrected chi connectivity index (χ0v) is 22.7. The standard InChI is InChI=1S/C12H24N2O4.CH2I2O3S.Na/c1-5-6-12(4,7-17-10(13)15)8-18-11(16)14-9(2)3;2-1(3)7(4,5)6;/h9H,5-8H2,1-4H3,(H2,13,15)(H,14,16);1H,(H,4,5,6);/q;;+1/p-1. The maximum Gasteiger partial charge on any atom is 1.00 e. The predicted octanol–water partition coefficient (Wildman–Crippen LogP) is -0.288. The van der Waals surface area contributed by atoms with E-state index in [-0.39, 0.29) is 48.8 Å². The molecule has 0 spiro atoms. The second kappa shape index (κ2) is 15.8. The number of alkyl carbamates (subject to hydrolysis) is 1. The third-order valence-electron chi connectivity index (χ3n) is 2.59. The second-order valence-corrected chi connectivity index (χ2v) is 13.8. The molecule has 0 aliphatic heterocycles. The van der Waals surface area contributed by atoms with Crippen molar-refractivity contribution in [2.24, 2.45) is 11.1 Å². The van der Waals surface area contributed by atoms with Crippen molar-refractivity contribution in [2.75, 3.05) is 13.2 Å². The first-order valence-electron chi connectivity index (χ1n) is 7.32. The fourth-order valence-electron chi connectivity index (χ4n) is 1.55. The fraction of sp³-hybridized carbons (Fsp3) is 0.846. The molecule has 0 aromatic heterocycles. The van der Waals surface area contributed by atoms with E-state index in [1.165, 1.54) is 45.2 Å². The van der Waals surface area contributed by atoms with Crippen molar-refractivity contribution in [3.8, 4) is 0 Å². The summed E-state index contributed by atoms with van der Waals surface area (Å²) in [4.78, 5) is 22.0. The molecule has 2 amide bonds. The Balaban J connectivity index is -0.000000561. The van der Waals surface area contributed by atoms with Crippen LogP contribution in [0, 0.1) is 5.41 Å². The van der Waals surface area contributed by atoms with Gasteiger partial charge in [0.2, 0.25) is 0 Å². The number of hydrogen-bond donors (Lipinski definition) is 2. The molecule has 0 saturated heterocycles. The van der Waals surface area contributed by atoms with Gasteiger partial charge in [0.25, 0.3) is 0 Å². The minimum atomic E-state index is -4.02. The summed E-state index contributed by atoms with van der Waals surface area (Å²) in [6.07, 6.45) is 0.388. The quantitative estimate of drug-likeness (QED) is 0.162. The summed E-state index contributed by atoms with van der Waals surface area (Å²) in [6.45, 7) is 7.93. The SMILES string of the molecule is CCCC(C)(COC(N)=O)COC(=O)NC(C)C.O=S(=O)([O-])C(I)I.[Na+]. The molecule has 26 heavy (non-hydrogen) atoms. The molecule has 0 heterocycles. The number of ether oxygens (including phenoxy) is 2. The van der Waals surface area contributed by atoms with Gasteiger partial charge in [-0.15, -0.1) is 0 Å². The number of nitrogens with one attached hydrogen (secondary N) is 1. The second-order valence-electron chi connectivity index (χ2n) is 5.80. The summed E-state index contributed by atoms with van der Waals surface area (Å²) < 4.78 is 38.4. The van der Waals surface area contributed by atoms with Gasteiger partial charge in [0.15, 0.2) is 1.26 Å². The van der Waals surface area contributed by atoms with Crippen LogP contribution in [-0.2, 0) is 19.6 Å². The van der Waals surface area contributed by atoms with Gasteiger partial charge < -0.3 is 25.1 Å². The molecule has 150 valence electrons. The van der Waals surface area contributed by atoms with Gasteiger partial charge >= 0.3 is 41.7 Å². The molecule has 0 saturated carbocycles. The van der Waals surface area contributed by atoms with Crippen molar-refractivity contribution in [1.29, 1.82) is 0 Å². The largest absolute Gasteiger partial charge is 1.00 e. The van der Waals surface area contributed by atoms with Gasteiger partial charge in [-0.3, -0.25) is 0 Å². The maximum absolute atomic E-state index is 11.4. The number of carbonyl (C=O) groups is 2.